The summed E-state index contributed by atoms with van der Waals surface area (Å²) < 4.78 is 41.9. The number of phenolic OH excluding ortho intramolecular Hbond substituents is 1. The molecule has 22 heavy (non-hydrogen) atoms. The molecule has 3 rings (SSSR count). The number of benzene rings is 2. The Morgan fingerprint density at radius 2 is 1.86 bits per heavy atom. The predicted molar refractivity (Wildman–Crippen MR) is 77.1 cm³/mol. The van der Waals surface area contributed by atoms with Crippen molar-refractivity contribution < 1.29 is 23.2 Å². The van der Waals surface area contributed by atoms with E-state index in [0.29, 0.717) is 11.1 Å². The second-order valence-electron chi connectivity index (χ2n) is 4.64. The van der Waals surface area contributed by atoms with E-state index in [0.717, 1.165) is 10.4 Å². The molecular formula is C14H10F2N2O3S. The molecular weight excluding hydrogens is 314 g/mol. The lowest BCUT2D eigenvalue weighted by molar-refractivity contribution is -0.117. The predicted octanol–water partition coefficient (Wildman–Crippen LogP) is 1.85. The molecule has 1 fully saturated rings. The molecule has 1 heterocycles. The van der Waals surface area contributed by atoms with Crippen molar-refractivity contribution in [1.29, 1.82) is 0 Å². The summed E-state index contributed by atoms with van der Waals surface area (Å²) in [4.78, 5) is 11.2. The van der Waals surface area contributed by atoms with E-state index in [1.165, 1.54) is 30.3 Å². The number of carbonyl (C=O) groups excluding carboxylic acids is 1. The first kappa shape index (κ1) is 14.6. The lowest BCUT2D eigenvalue weighted by Crippen LogP contribution is -2.30. The number of halogens is 2. The molecule has 5 nitrogen and oxygen atoms in total. The molecule has 0 radical (unpaired) electrons. The minimum Gasteiger partial charge on any atom is -0.568 e. The van der Waals surface area contributed by atoms with Crippen molar-refractivity contribution >= 4 is 23.1 Å². The number of amides is 1. The van der Waals surface area contributed by atoms with Crippen LogP contribution in [0.15, 0.2) is 36.4 Å². The van der Waals surface area contributed by atoms with Gasteiger partial charge in [0, 0.05) is 0 Å². The van der Waals surface area contributed by atoms with Gasteiger partial charge in [0.05, 0.1) is 0 Å². The van der Waals surface area contributed by atoms with Crippen LogP contribution in [0.3, 0.4) is 0 Å². The van der Waals surface area contributed by atoms with Gasteiger partial charge in [0.1, 0.15) is 11.6 Å². The molecule has 1 aliphatic rings. The second kappa shape index (κ2) is 5.47. The van der Waals surface area contributed by atoms with E-state index in [9.17, 15) is 23.2 Å². The van der Waals surface area contributed by atoms with Crippen LogP contribution in [-0.2, 0) is 16.3 Å². The highest BCUT2D eigenvalue weighted by Crippen LogP contribution is 2.37. The van der Waals surface area contributed by atoms with Crippen LogP contribution in [0, 0.1) is 11.6 Å². The Bertz CT molecular complexity index is 716. The van der Waals surface area contributed by atoms with Gasteiger partial charge in [0.25, 0.3) is 5.91 Å². The minimum atomic E-state index is -1.93. The van der Waals surface area contributed by atoms with E-state index in [2.05, 4.69) is 4.72 Å². The van der Waals surface area contributed by atoms with Crippen molar-refractivity contribution in [2.24, 2.45) is 0 Å². The lowest BCUT2D eigenvalue weighted by atomic mass is 10.0. The van der Waals surface area contributed by atoms with Gasteiger partial charge in [-0.15, -0.1) is 4.72 Å². The number of phenols is 1. The molecule has 2 aromatic rings. The average molecular weight is 324 g/mol. The molecule has 8 heteroatoms. The maximum Gasteiger partial charge on any atom is 0.287 e. The van der Waals surface area contributed by atoms with Gasteiger partial charge in [-0.25, -0.2) is 8.78 Å². The number of nitrogens with one attached hydrogen (secondary N) is 1. The molecule has 1 aliphatic heterocycles. The first-order valence-electron chi connectivity index (χ1n) is 6.23. The molecule has 0 saturated carbocycles. The number of aromatic hydroxyl groups is 1. The number of rotatable bonds is 2. The average Bonchev–Trinajstić information content (AvgIpc) is 2.77. The third-order valence-electron chi connectivity index (χ3n) is 3.16. The summed E-state index contributed by atoms with van der Waals surface area (Å²) in [5, 5.41) is 10.0. The number of carbonyl (C=O) groups is 1. The third kappa shape index (κ3) is 2.58. The fraction of sp³-hybridized carbons (Fsp3) is 0.0714. The standard InChI is InChI=1S/C14H10F2N2O3S/c15-10-3-1-8(2-4-10)9-5-11(16)14(12(19)6-9)18-7-13(20)17-22(18)21/h1-6,19H,7H2,(H,17,20). The first-order valence-corrected chi connectivity index (χ1v) is 7.34. The van der Waals surface area contributed by atoms with Crippen LogP contribution in [0.1, 0.15) is 0 Å². The molecule has 0 aromatic heterocycles. The smallest absolute Gasteiger partial charge is 0.287 e. The zero-order valence-corrected chi connectivity index (χ0v) is 11.9. The second-order valence-corrected chi connectivity index (χ2v) is 5.79. The molecule has 2 aromatic carbocycles. The van der Waals surface area contributed by atoms with Gasteiger partial charge in [-0.2, -0.15) is 4.31 Å². The molecule has 1 saturated heterocycles. The monoisotopic (exact) mass is 324 g/mol. The Morgan fingerprint density at radius 3 is 2.41 bits per heavy atom. The Morgan fingerprint density at radius 1 is 1.18 bits per heavy atom. The summed E-state index contributed by atoms with van der Waals surface area (Å²) in [5.74, 6) is -2.24. The van der Waals surface area contributed by atoms with Gasteiger partial charge in [0.15, 0.2) is 29.6 Å². The van der Waals surface area contributed by atoms with Crippen molar-refractivity contribution in [2.75, 3.05) is 10.8 Å². The van der Waals surface area contributed by atoms with Gasteiger partial charge < -0.3 is 9.66 Å². The summed E-state index contributed by atoms with van der Waals surface area (Å²) in [5.41, 5.74) is 0.532. The van der Waals surface area contributed by atoms with E-state index in [-0.39, 0.29) is 12.2 Å². The lowest BCUT2D eigenvalue weighted by Gasteiger charge is -2.18. The van der Waals surface area contributed by atoms with E-state index in [1.807, 2.05) is 0 Å². The highest BCUT2D eigenvalue weighted by atomic mass is 32.2. The number of nitrogens with zero attached hydrogens (tertiary/aromatic N) is 1. The zero-order chi connectivity index (χ0) is 15.9. The summed E-state index contributed by atoms with van der Waals surface area (Å²) in [6, 6.07) is 7.73. The van der Waals surface area contributed by atoms with Crippen molar-refractivity contribution in [2.45, 2.75) is 0 Å². The van der Waals surface area contributed by atoms with Gasteiger partial charge in [-0.3, -0.25) is 4.79 Å². The molecule has 0 aliphatic carbocycles. The fourth-order valence-corrected chi connectivity index (χ4v) is 3.13. The molecule has 2 N–H and O–H groups in total. The molecule has 0 bridgehead atoms. The van der Waals surface area contributed by atoms with Gasteiger partial charge in [0.2, 0.25) is 0 Å². The van der Waals surface area contributed by atoms with Crippen LogP contribution >= 0.6 is 0 Å². The SMILES string of the molecule is O=C1CN(c2c(O)cc(-c3ccc(F)cc3)cc2F)[S+]([O-])N1. The summed E-state index contributed by atoms with van der Waals surface area (Å²) in [6.45, 7) is -0.313. The van der Waals surface area contributed by atoms with Gasteiger partial charge in [-0.05, 0) is 35.4 Å². The highest BCUT2D eigenvalue weighted by molar-refractivity contribution is 7.92. The Balaban J connectivity index is 2.01. The van der Waals surface area contributed by atoms with Gasteiger partial charge in [-0.1, -0.05) is 12.1 Å². The zero-order valence-electron chi connectivity index (χ0n) is 11.0. The maximum atomic E-state index is 14.3. The van der Waals surface area contributed by atoms with E-state index in [4.69, 9.17) is 0 Å². The first-order chi connectivity index (χ1) is 10.5. The van der Waals surface area contributed by atoms with Crippen LogP contribution in [0.2, 0.25) is 0 Å². The van der Waals surface area contributed by atoms with Crippen molar-refractivity contribution in [3.63, 3.8) is 0 Å². The van der Waals surface area contributed by atoms with Gasteiger partial charge >= 0.3 is 0 Å². The minimum absolute atomic E-state index is 0.313. The highest BCUT2D eigenvalue weighted by Gasteiger charge is 2.37. The Hall–Kier alpha value is -2.32. The normalized spacial score (nSPS) is 17.7. The number of hydrogen-bond acceptors (Lipinski definition) is 4. The van der Waals surface area contributed by atoms with Crippen LogP contribution < -0.4 is 9.03 Å². The number of anilines is 1. The summed E-state index contributed by atoms with van der Waals surface area (Å²) in [6.07, 6.45) is 0. The van der Waals surface area contributed by atoms with Crippen LogP contribution in [0.4, 0.5) is 14.5 Å². The third-order valence-corrected chi connectivity index (χ3v) is 4.27. The molecule has 1 unspecified atom stereocenters. The van der Waals surface area contributed by atoms with E-state index in [1.54, 1.807) is 0 Å². The largest absolute Gasteiger partial charge is 0.568 e. The molecule has 1 atom stereocenters. The van der Waals surface area contributed by atoms with Crippen molar-refractivity contribution in [3.8, 4) is 16.9 Å². The van der Waals surface area contributed by atoms with E-state index >= 15 is 0 Å². The van der Waals surface area contributed by atoms with Crippen LogP contribution in [0.25, 0.3) is 11.1 Å². The topological polar surface area (TPSA) is 75.6 Å². The molecule has 0 spiro atoms. The number of hydrogen-bond donors (Lipinski definition) is 2. The summed E-state index contributed by atoms with van der Waals surface area (Å²) >= 11 is -1.93. The molecule has 1 amide bonds. The van der Waals surface area contributed by atoms with Crippen LogP contribution in [-0.4, -0.2) is 22.1 Å². The summed E-state index contributed by atoms with van der Waals surface area (Å²) in [7, 11) is 0. The van der Waals surface area contributed by atoms with Crippen molar-refractivity contribution in [3.05, 3.63) is 48.0 Å². The van der Waals surface area contributed by atoms with E-state index < -0.39 is 34.8 Å². The quantitative estimate of drug-likeness (QED) is 0.827. The fourth-order valence-electron chi connectivity index (χ4n) is 2.18. The van der Waals surface area contributed by atoms with Crippen LogP contribution in [0.5, 0.6) is 5.75 Å². The Kier molecular flexibility index (Phi) is 3.63. The maximum absolute atomic E-state index is 14.3. The van der Waals surface area contributed by atoms with Crippen molar-refractivity contribution in [1.82, 2.24) is 4.72 Å². The molecule has 114 valence electrons. The Labute approximate surface area is 127 Å².